The average Bonchev–Trinajstić information content (AvgIpc) is 2.14. The fourth-order valence-corrected chi connectivity index (χ4v) is 2.65. The summed E-state index contributed by atoms with van der Waals surface area (Å²) in [6.45, 7) is 3.67. The van der Waals surface area contributed by atoms with Gasteiger partial charge in [0.2, 0.25) is 0 Å². The standard InChI is InChI=1S/C12H16N2O2S/c1-9-6-12(5-4-11(9)7-13)14-10(2)8-17(3,15)16/h4-6,10,14H,8H2,1-3H3. The lowest BCUT2D eigenvalue weighted by atomic mass is 10.1. The lowest BCUT2D eigenvalue weighted by Crippen LogP contribution is -2.25. The van der Waals surface area contributed by atoms with Crippen LogP contribution in [-0.2, 0) is 9.84 Å². The fraction of sp³-hybridized carbons (Fsp3) is 0.417. The van der Waals surface area contributed by atoms with Crippen molar-refractivity contribution in [1.29, 1.82) is 5.26 Å². The van der Waals surface area contributed by atoms with Crippen molar-refractivity contribution >= 4 is 15.5 Å². The van der Waals surface area contributed by atoms with Crippen LogP contribution in [0, 0.1) is 18.3 Å². The van der Waals surface area contributed by atoms with Gasteiger partial charge in [-0.2, -0.15) is 5.26 Å². The van der Waals surface area contributed by atoms with Gasteiger partial charge in [0, 0.05) is 18.0 Å². The Balaban J connectivity index is 2.77. The number of nitrogens with zero attached hydrogens (tertiary/aromatic N) is 1. The molecule has 92 valence electrons. The molecule has 0 saturated heterocycles. The molecule has 1 aromatic carbocycles. The second kappa shape index (κ2) is 5.19. The van der Waals surface area contributed by atoms with Crippen molar-refractivity contribution in [2.24, 2.45) is 0 Å². The monoisotopic (exact) mass is 252 g/mol. The number of nitriles is 1. The van der Waals surface area contributed by atoms with Gasteiger partial charge >= 0.3 is 0 Å². The molecule has 0 aromatic heterocycles. The zero-order valence-corrected chi connectivity index (χ0v) is 11.0. The summed E-state index contributed by atoms with van der Waals surface area (Å²) in [5, 5.41) is 11.9. The van der Waals surface area contributed by atoms with E-state index in [-0.39, 0.29) is 11.8 Å². The van der Waals surface area contributed by atoms with Crippen LogP contribution in [0.15, 0.2) is 18.2 Å². The summed E-state index contributed by atoms with van der Waals surface area (Å²) >= 11 is 0. The predicted molar refractivity (Wildman–Crippen MR) is 68.7 cm³/mol. The molecule has 1 aromatic rings. The van der Waals surface area contributed by atoms with Gasteiger partial charge in [-0.1, -0.05) is 0 Å². The van der Waals surface area contributed by atoms with E-state index in [0.29, 0.717) is 5.56 Å². The highest BCUT2D eigenvalue weighted by Gasteiger charge is 2.10. The molecule has 0 aliphatic carbocycles. The quantitative estimate of drug-likeness (QED) is 0.885. The number of anilines is 1. The Kier molecular flexibility index (Phi) is 4.13. The lowest BCUT2D eigenvalue weighted by Gasteiger charge is -2.14. The Morgan fingerprint density at radius 2 is 2.12 bits per heavy atom. The molecule has 1 N–H and O–H groups in total. The van der Waals surface area contributed by atoms with Crippen molar-refractivity contribution in [2.75, 3.05) is 17.3 Å². The summed E-state index contributed by atoms with van der Waals surface area (Å²) < 4.78 is 22.2. The first-order chi connectivity index (χ1) is 7.81. The molecule has 0 aliphatic heterocycles. The number of rotatable bonds is 4. The molecular weight excluding hydrogens is 236 g/mol. The van der Waals surface area contributed by atoms with Gasteiger partial charge in [0.05, 0.1) is 17.4 Å². The van der Waals surface area contributed by atoms with E-state index in [9.17, 15) is 8.42 Å². The molecule has 0 radical (unpaired) electrons. The normalized spacial score (nSPS) is 12.8. The molecule has 0 aliphatic rings. The summed E-state index contributed by atoms with van der Waals surface area (Å²) in [7, 11) is -2.98. The first-order valence-corrected chi connectivity index (χ1v) is 7.33. The minimum Gasteiger partial charge on any atom is -0.382 e. The topological polar surface area (TPSA) is 70.0 Å². The molecule has 0 heterocycles. The molecule has 1 atom stereocenters. The van der Waals surface area contributed by atoms with Crippen molar-refractivity contribution in [3.05, 3.63) is 29.3 Å². The number of nitrogens with one attached hydrogen (secondary N) is 1. The second-order valence-corrected chi connectivity index (χ2v) is 6.46. The SMILES string of the molecule is Cc1cc(NC(C)CS(C)(=O)=O)ccc1C#N. The van der Waals surface area contributed by atoms with E-state index >= 15 is 0 Å². The maximum Gasteiger partial charge on any atom is 0.149 e. The molecule has 1 rings (SSSR count). The zero-order valence-electron chi connectivity index (χ0n) is 10.2. The van der Waals surface area contributed by atoms with Crippen LogP contribution in [0.25, 0.3) is 0 Å². The van der Waals surface area contributed by atoms with Crippen LogP contribution in [0.1, 0.15) is 18.1 Å². The van der Waals surface area contributed by atoms with Crippen molar-refractivity contribution in [2.45, 2.75) is 19.9 Å². The van der Waals surface area contributed by atoms with Gasteiger partial charge in [-0.3, -0.25) is 0 Å². The van der Waals surface area contributed by atoms with E-state index in [0.717, 1.165) is 11.3 Å². The van der Waals surface area contributed by atoms with Gasteiger partial charge in [-0.15, -0.1) is 0 Å². The van der Waals surface area contributed by atoms with Crippen LogP contribution in [0.2, 0.25) is 0 Å². The second-order valence-electron chi connectivity index (χ2n) is 4.28. The Bertz CT molecular complexity index is 544. The van der Waals surface area contributed by atoms with Gasteiger partial charge < -0.3 is 5.32 Å². The Morgan fingerprint density at radius 3 is 2.59 bits per heavy atom. The third-order valence-electron chi connectivity index (χ3n) is 2.31. The third-order valence-corrected chi connectivity index (χ3v) is 3.42. The highest BCUT2D eigenvalue weighted by Crippen LogP contribution is 2.15. The van der Waals surface area contributed by atoms with Crippen molar-refractivity contribution < 1.29 is 8.42 Å². The molecule has 0 spiro atoms. The van der Waals surface area contributed by atoms with Crippen molar-refractivity contribution in [3.63, 3.8) is 0 Å². The van der Waals surface area contributed by atoms with Gasteiger partial charge in [0.15, 0.2) is 0 Å². The Labute approximate surface area is 102 Å². The molecule has 4 nitrogen and oxygen atoms in total. The predicted octanol–water partition coefficient (Wildman–Crippen LogP) is 1.71. The van der Waals surface area contributed by atoms with Gasteiger partial charge in [-0.25, -0.2) is 8.42 Å². The average molecular weight is 252 g/mol. The highest BCUT2D eigenvalue weighted by molar-refractivity contribution is 7.90. The van der Waals surface area contributed by atoms with Gasteiger partial charge in [-0.05, 0) is 37.6 Å². The number of sulfone groups is 1. The Hall–Kier alpha value is -1.54. The van der Waals surface area contributed by atoms with E-state index in [1.165, 1.54) is 6.26 Å². The van der Waals surface area contributed by atoms with E-state index in [1.54, 1.807) is 12.1 Å². The lowest BCUT2D eigenvalue weighted by molar-refractivity contribution is 0.598. The smallest absolute Gasteiger partial charge is 0.149 e. The number of benzene rings is 1. The molecule has 0 bridgehead atoms. The van der Waals surface area contributed by atoms with Crippen molar-refractivity contribution in [1.82, 2.24) is 0 Å². The van der Waals surface area contributed by atoms with E-state index < -0.39 is 9.84 Å². The molecule has 5 heteroatoms. The molecule has 1 unspecified atom stereocenters. The number of hydrogen-bond acceptors (Lipinski definition) is 4. The maximum absolute atomic E-state index is 11.1. The molecule has 0 fully saturated rings. The minimum atomic E-state index is -2.98. The molecular formula is C12H16N2O2S. The molecule has 0 amide bonds. The van der Waals surface area contributed by atoms with Crippen LogP contribution in [0.5, 0.6) is 0 Å². The first-order valence-electron chi connectivity index (χ1n) is 5.27. The largest absolute Gasteiger partial charge is 0.382 e. The van der Waals surface area contributed by atoms with Crippen LogP contribution in [0.3, 0.4) is 0 Å². The minimum absolute atomic E-state index is 0.0893. The zero-order chi connectivity index (χ0) is 13.1. The first kappa shape index (κ1) is 13.5. The van der Waals surface area contributed by atoms with E-state index in [4.69, 9.17) is 5.26 Å². The van der Waals surface area contributed by atoms with Crippen molar-refractivity contribution in [3.8, 4) is 6.07 Å². The summed E-state index contributed by atoms with van der Waals surface area (Å²) in [4.78, 5) is 0. The summed E-state index contributed by atoms with van der Waals surface area (Å²) in [6, 6.07) is 7.29. The van der Waals surface area contributed by atoms with E-state index in [1.807, 2.05) is 19.9 Å². The van der Waals surface area contributed by atoms with E-state index in [2.05, 4.69) is 11.4 Å². The number of hydrogen-bond donors (Lipinski definition) is 1. The Morgan fingerprint density at radius 1 is 1.47 bits per heavy atom. The maximum atomic E-state index is 11.1. The van der Waals surface area contributed by atoms with Gasteiger partial charge in [0.1, 0.15) is 9.84 Å². The third kappa shape index (κ3) is 4.45. The molecule has 0 saturated carbocycles. The van der Waals surface area contributed by atoms with Gasteiger partial charge in [0.25, 0.3) is 0 Å². The molecule has 17 heavy (non-hydrogen) atoms. The summed E-state index contributed by atoms with van der Waals surface area (Å²) in [5.74, 6) is 0.0893. The van der Waals surface area contributed by atoms with Crippen LogP contribution >= 0.6 is 0 Å². The number of aryl methyl sites for hydroxylation is 1. The highest BCUT2D eigenvalue weighted by atomic mass is 32.2. The fourth-order valence-electron chi connectivity index (χ4n) is 1.66. The summed E-state index contributed by atoms with van der Waals surface area (Å²) in [5.41, 5.74) is 2.34. The van der Waals surface area contributed by atoms with Crippen LogP contribution < -0.4 is 5.32 Å². The summed E-state index contributed by atoms with van der Waals surface area (Å²) in [6.07, 6.45) is 1.22. The van der Waals surface area contributed by atoms with Crippen LogP contribution in [-0.4, -0.2) is 26.5 Å². The van der Waals surface area contributed by atoms with Crippen LogP contribution in [0.4, 0.5) is 5.69 Å².